The van der Waals surface area contributed by atoms with Crippen LogP contribution in [0.4, 0.5) is 0 Å². The summed E-state index contributed by atoms with van der Waals surface area (Å²) in [5.74, 6) is 1.76. The van der Waals surface area contributed by atoms with Crippen LogP contribution in [0.1, 0.15) is 39.5 Å². The van der Waals surface area contributed by atoms with Crippen LogP contribution in [-0.2, 0) is 4.79 Å². The van der Waals surface area contributed by atoms with E-state index in [0.717, 1.165) is 16.8 Å². The van der Waals surface area contributed by atoms with Crippen molar-refractivity contribution in [2.75, 3.05) is 5.75 Å². The summed E-state index contributed by atoms with van der Waals surface area (Å²) in [6, 6.07) is 0. The lowest BCUT2D eigenvalue weighted by Gasteiger charge is -2.07. The summed E-state index contributed by atoms with van der Waals surface area (Å²) in [4.78, 5) is 15.9. The SMILES string of the molecule is CC1(C)N=C(CSC2CCCC2)NC1=O. The number of thioether (sulfide) groups is 1. The summed E-state index contributed by atoms with van der Waals surface area (Å²) >= 11 is 1.94. The maximum Gasteiger partial charge on any atom is 0.252 e. The molecule has 1 heterocycles. The van der Waals surface area contributed by atoms with E-state index < -0.39 is 5.54 Å². The molecular weight excluding hydrogens is 208 g/mol. The summed E-state index contributed by atoms with van der Waals surface area (Å²) in [6.45, 7) is 3.71. The van der Waals surface area contributed by atoms with Gasteiger partial charge in [0, 0.05) is 5.25 Å². The van der Waals surface area contributed by atoms with Gasteiger partial charge in [-0.25, -0.2) is 0 Å². The molecule has 1 N–H and O–H groups in total. The van der Waals surface area contributed by atoms with E-state index in [1.807, 2.05) is 25.6 Å². The minimum absolute atomic E-state index is 0.0320. The average molecular weight is 226 g/mol. The van der Waals surface area contributed by atoms with Crippen molar-refractivity contribution in [1.29, 1.82) is 0 Å². The molecule has 0 aromatic carbocycles. The minimum atomic E-state index is -0.550. The van der Waals surface area contributed by atoms with E-state index in [1.165, 1.54) is 25.7 Å². The van der Waals surface area contributed by atoms with Crippen LogP contribution in [0.3, 0.4) is 0 Å². The number of hydrogen-bond donors (Lipinski definition) is 1. The second-order valence-electron chi connectivity index (χ2n) is 4.79. The Morgan fingerprint density at radius 2 is 2.13 bits per heavy atom. The first kappa shape index (κ1) is 11.0. The molecule has 2 rings (SSSR count). The Morgan fingerprint density at radius 1 is 1.47 bits per heavy atom. The van der Waals surface area contributed by atoms with Crippen molar-refractivity contribution in [2.24, 2.45) is 4.99 Å². The van der Waals surface area contributed by atoms with E-state index in [1.54, 1.807) is 0 Å². The van der Waals surface area contributed by atoms with Gasteiger partial charge in [-0.15, -0.1) is 0 Å². The zero-order valence-corrected chi connectivity index (χ0v) is 10.2. The lowest BCUT2D eigenvalue weighted by atomic mass is 10.1. The van der Waals surface area contributed by atoms with Crippen molar-refractivity contribution in [2.45, 2.75) is 50.3 Å². The first-order valence-electron chi connectivity index (χ1n) is 5.60. The number of aliphatic imine (C=N–C) groups is 1. The topological polar surface area (TPSA) is 41.5 Å². The predicted octanol–water partition coefficient (Wildman–Crippen LogP) is 1.97. The van der Waals surface area contributed by atoms with Crippen LogP contribution in [0.15, 0.2) is 4.99 Å². The lowest BCUT2D eigenvalue weighted by molar-refractivity contribution is -0.122. The highest BCUT2D eigenvalue weighted by Crippen LogP contribution is 2.29. The highest BCUT2D eigenvalue weighted by Gasteiger charge is 2.34. The lowest BCUT2D eigenvalue weighted by Crippen LogP contribution is -2.35. The number of amidine groups is 1. The molecule has 15 heavy (non-hydrogen) atoms. The number of nitrogens with zero attached hydrogens (tertiary/aromatic N) is 1. The maximum atomic E-state index is 11.5. The van der Waals surface area contributed by atoms with Gasteiger partial charge in [0.05, 0.1) is 5.75 Å². The quantitative estimate of drug-likeness (QED) is 0.799. The van der Waals surface area contributed by atoms with Gasteiger partial charge in [-0.2, -0.15) is 11.8 Å². The molecule has 0 spiro atoms. The largest absolute Gasteiger partial charge is 0.312 e. The molecule has 2 aliphatic rings. The van der Waals surface area contributed by atoms with Crippen molar-refractivity contribution in [3.63, 3.8) is 0 Å². The highest BCUT2D eigenvalue weighted by atomic mass is 32.2. The molecule has 1 amide bonds. The summed E-state index contributed by atoms with van der Waals surface area (Å²) in [5.41, 5.74) is -0.550. The van der Waals surface area contributed by atoms with Gasteiger partial charge in [-0.1, -0.05) is 12.8 Å². The van der Waals surface area contributed by atoms with Gasteiger partial charge in [0.2, 0.25) is 0 Å². The fourth-order valence-corrected chi connectivity index (χ4v) is 3.22. The van der Waals surface area contributed by atoms with Gasteiger partial charge >= 0.3 is 0 Å². The van der Waals surface area contributed by atoms with E-state index >= 15 is 0 Å². The third-order valence-electron chi connectivity index (χ3n) is 2.99. The summed E-state index contributed by atoms with van der Waals surface area (Å²) in [7, 11) is 0. The number of carbonyl (C=O) groups excluding carboxylic acids is 1. The summed E-state index contributed by atoms with van der Waals surface area (Å²) in [6.07, 6.45) is 5.38. The van der Waals surface area contributed by atoms with Gasteiger partial charge in [0.1, 0.15) is 11.4 Å². The molecule has 0 unspecified atom stereocenters. The Labute approximate surface area is 95.1 Å². The number of amides is 1. The molecule has 0 radical (unpaired) electrons. The molecule has 4 heteroatoms. The van der Waals surface area contributed by atoms with E-state index in [0.29, 0.717) is 0 Å². The van der Waals surface area contributed by atoms with Crippen LogP contribution in [-0.4, -0.2) is 28.3 Å². The molecule has 1 fully saturated rings. The first-order chi connectivity index (χ1) is 7.08. The third-order valence-corrected chi connectivity index (χ3v) is 4.37. The molecule has 0 saturated heterocycles. The zero-order valence-electron chi connectivity index (χ0n) is 9.38. The van der Waals surface area contributed by atoms with Crippen LogP contribution in [0.2, 0.25) is 0 Å². The van der Waals surface area contributed by atoms with Crippen LogP contribution < -0.4 is 5.32 Å². The van der Waals surface area contributed by atoms with Crippen molar-refractivity contribution < 1.29 is 4.79 Å². The Morgan fingerprint density at radius 3 is 2.67 bits per heavy atom. The molecule has 3 nitrogen and oxygen atoms in total. The monoisotopic (exact) mass is 226 g/mol. The van der Waals surface area contributed by atoms with E-state index in [4.69, 9.17) is 0 Å². The summed E-state index contributed by atoms with van der Waals surface area (Å²) in [5, 5.41) is 3.64. The molecule has 0 atom stereocenters. The van der Waals surface area contributed by atoms with E-state index in [2.05, 4.69) is 10.3 Å². The molecule has 1 aliphatic heterocycles. The van der Waals surface area contributed by atoms with Crippen molar-refractivity contribution in [1.82, 2.24) is 5.32 Å². The summed E-state index contributed by atoms with van der Waals surface area (Å²) < 4.78 is 0. The van der Waals surface area contributed by atoms with Gasteiger partial charge < -0.3 is 5.32 Å². The second-order valence-corrected chi connectivity index (χ2v) is 6.08. The Bertz CT molecular complexity index is 293. The van der Waals surface area contributed by atoms with Crippen LogP contribution >= 0.6 is 11.8 Å². The molecule has 0 bridgehead atoms. The van der Waals surface area contributed by atoms with Crippen LogP contribution in [0.5, 0.6) is 0 Å². The number of hydrogen-bond acceptors (Lipinski definition) is 3. The minimum Gasteiger partial charge on any atom is -0.312 e. The third kappa shape index (κ3) is 2.54. The van der Waals surface area contributed by atoms with Gasteiger partial charge in [-0.05, 0) is 26.7 Å². The number of carbonyl (C=O) groups is 1. The van der Waals surface area contributed by atoms with Gasteiger partial charge in [-0.3, -0.25) is 9.79 Å². The second kappa shape index (κ2) is 4.16. The Balaban J connectivity index is 1.83. The first-order valence-corrected chi connectivity index (χ1v) is 6.64. The van der Waals surface area contributed by atoms with E-state index in [-0.39, 0.29) is 5.91 Å². The Hall–Kier alpha value is -0.510. The molecule has 1 saturated carbocycles. The molecule has 0 aromatic heterocycles. The molecule has 1 aliphatic carbocycles. The fraction of sp³-hybridized carbons (Fsp3) is 0.818. The molecule has 0 aromatic rings. The van der Waals surface area contributed by atoms with E-state index in [9.17, 15) is 4.79 Å². The normalized spacial score (nSPS) is 25.5. The number of rotatable bonds is 3. The smallest absolute Gasteiger partial charge is 0.252 e. The van der Waals surface area contributed by atoms with Crippen LogP contribution in [0, 0.1) is 0 Å². The number of nitrogens with one attached hydrogen (secondary N) is 1. The molecular formula is C11H18N2OS. The maximum absolute atomic E-state index is 11.5. The highest BCUT2D eigenvalue weighted by molar-refractivity contribution is 8.00. The average Bonchev–Trinajstić information content (AvgIpc) is 2.72. The van der Waals surface area contributed by atoms with Gasteiger partial charge in [0.15, 0.2) is 0 Å². The van der Waals surface area contributed by atoms with Crippen molar-refractivity contribution in [3.05, 3.63) is 0 Å². The Kier molecular flexibility index (Phi) is 3.05. The van der Waals surface area contributed by atoms with Crippen LogP contribution in [0.25, 0.3) is 0 Å². The van der Waals surface area contributed by atoms with Crippen molar-refractivity contribution in [3.8, 4) is 0 Å². The molecule has 84 valence electrons. The standard InChI is InChI=1S/C11H18N2OS/c1-11(2)10(14)12-9(13-11)7-15-8-5-3-4-6-8/h8H,3-7H2,1-2H3,(H,12,13,14). The zero-order chi connectivity index (χ0) is 10.9. The van der Waals surface area contributed by atoms with Crippen molar-refractivity contribution >= 4 is 23.5 Å². The van der Waals surface area contributed by atoms with Gasteiger partial charge in [0.25, 0.3) is 5.91 Å². The fourth-order valence-electron chi connectivity index (χ4n) is 2.02. The predicted molar refractivity (Wildman–Crippen MR) is 64.4 cm³/mol.